The van der Waals surface area contributed by atoms with E-state index in [4.69, 9.17) is 4.74 Å². The zero-order valence-corrected chi connectivity index (χ0v) is 10.5. The van der Waals surface area contributed by atoms with Crippen LogP contribution >= 0.6 is 15.9 Å². The number of hydrogen-bond donors (Lipinski definition) is 0. The quantitative estimate of drug-likeness (QED) is 0.266. The summed E-state index contributed by atoms with van der Waals surface area (Å²) in [4.78, 5) is 21.6. The molecule has 0 N–H and O–H groups in total. The van der Waals surface area contributed by atoms with Crippen LogP contribution in [-0.4, -0.2) is 22.6 Å². The first-order valence-corrected chi connectivity index (χ1v) is 5.83. The molecule has 0 amide bonds. The van der Waals surface area contributed by atoms with Crippen molar-refractivity contribution in [2.75, 3.05) is 11.9 Å². The van der Waals surface area contributed by atoms with Gasteiger partial charge in [0.2, 0.25) is 0 Å². The fourth-order valence-corrected chi connectivity index (χ4v) is 1.51. The standard InChI is InChI=1S/C11H10BrNO4/c1-2-5-17-11-4-3-8(10(14)7-12)6-9(11)13(15)16/h2-4,6H,1,5,7H2. The minimum atomic E-state index is -0.580. The lowest BCUT2D eigenvalue weighted by Crippen LogP contribution is -2.03. The van der Waals surface area contributed by atoms with Gasteiger partial charge in [-0.25, -0.2) is 0 Å². The zero-order valence-electron chi connectivity index (χ0n) is 8.89. The van der Waals surface area contributed by atoms with E-state index in [1.54, 1.807) is 0 Å². The molecule has 6 heteroatoms. The van der Waals surface area contributed by atoms with Crippen molar-refractivity contribution in [2.45, 2.75) is 0 Å². The van der Waals surface area contributed by atoms with Crippen molar-refractivity contribution >= 4 is 27.4 Å². The lowest BCUT2D eigenvalue weighted by Gasteiger charge is -2.05. The van der Waals surface area contributed by atoms with Gasteiger partial charge in [0.25, 0.3) is 0 Å². The maximum Gasteiger partial charge on any atom is 0.311 e. The second-order valence-electron chi connectivity index (χ2n) is 3.10. The van der Waals surface area contributed by atoms with Gasteiger partial charge in [0, 0.05) is 11.6 Å². The van der Waals surface area contributed by atoms with E-state index in [9.17, 15) is 14.9 Å². The zero-order chi connectivity index (χ0) is 12.8. The van der Waals surface area contributed by atoms with Gasteiger partial charge in [-0.3, -0.25) is 14.9 Å². The highest BCUT2D eigenvalue weighted by Crippen LogP contribution is 2.28. The molecule has 0 saturated carbocycles. The Bertz CT molecular complexity index is 459. The number of ether oxygens (including phenoxy) is 1. The molecule has 1 rings (SSSR count). The minimum Gasteiger partial charge on any atom is -0.483 e. The fourth-order valence-electron chi connectivity index (χ4n) is 1.18. The van der Waals surface area contributed by atoms with Gasteiger partial charge in [-0.05, 0) is 12.1 Å². The van der Waals surface area contributed by atoms with Gasteiger partial charge in [0.05, 0.1) is 10.3 Å². The highest BCUT2D eigenvalue weighted by Gasteiger charge is 2.17. The smallest absolute Gasteiger partial charge is 0.311 e. The van der Waals surface area contributed by atoms with Crippen LogP contribution < -0.4 is 4.74 Å². The average Bonchev–Trinajstić information content (AvgIpc) is 2.35. The number of halogens is 1. The second kappa shape index (κ2) is 6.15. The Kier molecular flexibility index (Phi) is 4.84. The molecule has 90 valence electrons. The molecule has 0 aliphatic heterocycles. The molecule has 0 spiro atoms. The van der Waals surface area contributed by atoms with E-state index in [-0.39, 0.29) is 34.7 Å². The predicted molar refractivity (Wildman–Crippen MR) is 66.9 cm³/mol. The number of carbonyl (C=O) groups is 1. The molecule has 0 aliphatic rings. The first-order chi connectivity index (χ1) is 8.10. The van der Waals surface area contributed by atoms with Crippen LogP contribution in [0.3, 0.4) is 0 Å². The summed E-state index contributed by atoms with van der Waals surface area (Å²) in [6.07, 6.45) is 1.49. The van der Waals surface area contributed by atoms with Crippen LogP contribution in [0.4, 0.5) is 5.69 Å². The lowest BCUT2D eigenvalue weighted by molar-refractivity contribution is -0.385. The van der Waals surface area contributed by atoms with Crippen LogP contribution in [0.15, 0.2) is 30.9 Å². The van der Waals surface area contributed by atoms with Crippen molar-refractivity contribution in [3.05, 3.63) is 46.5 Å². The summed E-state index contributed by atoms with van der Waals surface area (Å²) in [6.45, 7) is 3.63. The highest BCUT2D eigenvalue weighted by atomic mass is 79.9. The first kappa shape index (κ1) is 13.4. The lowest BCUT2D eigenvalue weighted by atomic mass is 10.1. The number of nitro groups is 1. The average molecular weight is 300 g/mol. The summed E-state index contributed by atoms with van der Waals surface area (Å²) in [5, 5.41) is 10.9. The third kappa shape index (κ3) is 3.39. The number of hydrogen-bond acceptors (Lipinski definition) is 4. The summed E-state index contributed by atoms with van der Waals surface area (Å²) in [6, 6.07) is 4.12. The Balaban J connectivity index is 3.12. The summed E-state index contributed by atoms with van der Waals surface area (Å²) < 4.78 is 5.13. The van der Waals surface area contributed by atoms with E-state index in [0.717, 1.165) is 0 Å². The number of carbonyl (C=O) groups excluding carboxylic acids is 1. The minimum absolute atomic E-state index is 0.122. The molecule has 0 atom stereocenters. The molecule has 5 nitrogen and oxygen atoms in total. The molecule has 0 saturated heterocycles. The Morgan fingerprint density at radius 2 is 2.29 bits per heavy atom. The maximum absolute atomic E-state index is 11.4. The number of rotatable bonds is 6. The summed E-state index contributed by atoms with van der Waals surface area (Å²) in [7, 11) is 0. The number of nitro benzene ring substituents is 1. The molecular weight excluding hydrogens is 290 g/mol. The molecule has 17 heavy (non-hydrogen) atoms. The van der Waals surface area contributed by atoms with Crippen LogP contribution in [-0.2, 0) is 0 Å². The molecular formula is C11H10BrNO4. The normalized spacial score (nSPS) is 9.71. The van der Waals surface area contributed by atoms with E-state index >= 15 is 0 Å². The van der Waals surface area contributed by atoms with Crippen LogP contribution in [0.5, 0.6) is 5.75 Å². The van der Waals surface area contributed by atoms with Gasteiger partial charge in [-0.15, -0.1) is 0 Å². The van der Waals surface area contributed by atoms with E-state index in [2.05, 4.69) is 22.5 Å². The van der Waals surface area contributed by atoms with Crippen molar-refractivity contribution in [3.8, 4) is 5.75 Å². The maximum atomic E-state index is 11.4. The van der Waals surface area contributed by atoms with Crippen molar-refractivity contribution in [1.82, 2.24) is 0 Å². The Hall–Kier alpha value is -1.69. The molecule has 0 heterocycles. The molecule has 1 aromatic rings. The van der Waals surface area contributed by atoms with Gasteiger partial charge in [-0.1, -0.05) is 28.6 Å². The number of benzene rings is 1. The monoisotopic (exact) mass is 299 g/mol. The van der Waals surface area contributed by atoms with Crippen molar-refractivity contribution in [3.63, 3.8) is 0 Å². The Labute approximate surface area is 106 Å². The summed E-state index contributed by atoms with van der Waals surface area (Å²) in [5.74, 6) is -0.0932. The second-order valence-corrected chi connectivity index (χ2v) is 3.66. The van der Waals surface area contributed by atoms with E-state index in [1.165, 1.54) is 24.3 Å². The molecule has 0 aromatic heterocycles. The van der Waals surface area contributed by atoms with Gasteiger partial charge in [0.15, 0.2) is 11.5 Å². The van der Waals surface area contributed by atoms with Gasteiger partial charge < -0.3 is 4.74 Å². The van der Waals surface area contributed by atoms with Crippen LogP contribution in [0, 0.1) is 10.1 Å². The van der Waals surface area contributed by atoms with Crippen molar-refractivity contribution in [2.24, 2.45) is 0 Å². The molecule has 0 unspecified atom stereocenters. The van der Waals surface area contributed by atoms with E-state index < -0.39 is 4.92 Å². The number of alkyl halides is 1. The Morgan fingerprint density at radius 3 is 2.82 bits per heavy atom. The van der Waals surface area contributed by atoms with Gasteiger partial charge in [-0.2, -0.15) is 0 Å². The molecule has 0 radical (unpaired) electrons. The van der Waals surface area contributed by atoms with E-state index in [1.807, 2.05) is 0 Å². The predicted octanol–water partition coefficient (Wildman–Crippen LogP) is 2.74. The third-order valence-electron chi connectivity index (χ3n) is 1.96. The Morgan fingerprint density at radius 1 is 1.59 bits per heavy atom. The fraction of sp³-hybridized carbons (Fsp3) is 0.182. The topological polar surface area (TPSA) is 69.4 Å². The van der Waals surface area contributed by atoms with Gasteiger partial charge in [0.1, 0.15) is 6.61 Å². The van der Waals surface area contributed by atoms with Crippen molar-refractivity contribution < 1.29 is 14.5 Å². The van der Waals surface area contributed by atoms with Crippen LogP contribution in [0.2, 0.25) is 0 Å². The highest BCUT2D eigenvalue weighted by molar-refractivity contribution is 9.09. The molecule has 0 bridgehead atoms. The third-order valence-corrected chi connectivity index (χ3v) is 2.46. The van der Waals surface area contributed by atoms with Crippen LogP contribution in [0.25, 0.3) is 0 Å². The molecule has 1 aromatic carbocycles. The summed E-state index contributed by atoms with van der Waals surface area (Å²) >= 11 is 3.01. The van der Waals surface area contributed by atoms with Gasteiger partial charge >= 0.3 is 5.69 Å². The SMILES string of the molecule is C=CCOc1ccc(C(=O)CBr)cc1[N+](=O)[O-]. The first-order valence-electron chi connectivity index (χ1n) is 4.71. The van der Waals surface area contributed by atoms with E-state index in [0.29, 0.717) is 0 Å². The number of ketones is 1. The molecule has 0 fully saturated rings. The number of Topliss-reactive ketones (excluding diaryl/α,β-unsaturated/α-hetero) is 1. The number of nitrogens with zero attached hydrogens (tertiary/aromatic N) is 1. The van der Waals surface area contributed by atoms with Crippen LogP contribution in [0.1, 0.15) is 10.4 Å². The largest absolute Gasteiger partial charge is 0.483 e. The van der Waals surface area contributed by atoms with Crippen molar-refractivity contribution in [1.29, 1.82) is 0 Å². The molecule has 0 aliphatic carbocycles. The summed E-state index contributed by atoms with van der Waals surface area (Å²) in [5.41, 5.74) is 0.0539.